The first-order valence-corrected chi connectivity index (χ1v) is 10.9. The molecule has 1 saturated heterocycles. The van der Waals surface area contributed by atoms with Crippen molar-refractivity contribution < 1.29 is 4.52 Å². The van der Waals surface area contributed by atoms with Gasteiger partial charge in [0.15, 0.2) is 5.82 Å². The Morgan fingerprint density at radius 1 is 0.935 bits per heavy atom. The highest BCUT2D eigenvalue weighted by Crippen LogP contribution is 2.26. The second-order valence-corrected chi connectivity index (χ2v) is 8.40. The van der Waals surface area contributed by atoms with E-state index >= 15 is 0 Å². The first-order valence-electron chi connectivity index (χ1n) is 10.9. The predicted molar refractivity (Wildman–Crippen MR) is 123 cm³/mol. The molecular weight excluding hydrogens is 386 g/mol. The lowest BCUT2D eigenvalue weighted by Crippen LogP contribution is -2.46. The molecule has 6 nitrogen and oxygen atoms in total. The minimum atomic E-state index is 0.510. The molecule has 1 aliphatic heterocycles. The van der Waals surface area contributed by atoms with Crippen LogP contribution in [0.3, 0.4) is 0 Å². The topological polar surface area (TPSA) is 58.3 Å². The van der Waals surface area contributed by atoms with Crippen molar-refractivity contribution >= 4 is 16.6 Å². The Kier molecular flexibility index (Phi) is 5.38. The molecule has 4 aromatic rings. The summed E-state index contributed by atoms with van der Waals surface area (Å²) in [6.07, 6.45) is 1.90. The zero-order chi connectivity index (χ0) is 21.2. The van der Waals surface area contributed by atoms with Gasteiger partial charge in [-0.1, -0.05) is 49.3 Å². The lowest BCUT2D eigenvalue weighted by atomic mass is 10.0. The number of hydrogen-bond donors (Lipinski definition) is 0. The molecule has 158 valence electrons. The fourth-order valence-electron chi connectivity index (χ4n) is 4.15. The van der Waals surface area contributed by atoms with Crippen LogP contribution < -0.4 is 4.90 Å². The Bertz CT molecular complexity index is 1150. The molecule has 31 heavy (non-hydrogen) atoms. The van der Waals surface area contributed by atoms with E-state index in [0.29, 0.717) is 18.4 Å². The summed E-state index contributed by atoms with van der Waals surface area (Å²) in [5, 5.41) is 5.43. The van der Waals surface area contributed by atoms with Crippen LogP contribution in [0.1, 0.15) is 31.2 Å². The van der Waals surface area contributed by atoms with Crippen LogP contribution in [0.5, 0.6) is 0 Å². The van der Waals surface area contributed by atoms with Gasteiger partial charge < -0.3 is 9.42 Å². The van der Waals surface area contributed by atoms with Gasteiger partial charge in [0.1, 0.15) is 0 Å². The van der Waals surface area contributed by atoms with Crippen molar-refractivity contribution in [1.82, 2.24) is 20.0 Å². The second-order valence-electron chi connectivity index (χ2n) is 8.40. The predicted octanol–water partition coefficient (Wildman–Crippen LogP) is 4.73. The molecule has 3 heterocycles. The molecule has 0 saturated carbocycles. The molecule has 5 rings (SSSR count). The van der Waals surface area contributed by atoms with Gasteiger partial charge in [0.2, 0.25) is 0 Å². The maximum absolute atomic E-state index is 5.53. The third kappa shape index (κ3) is 4.16. The highest BCUT2D eigenvalue weighted by molar-refractivity contribution is 5.91. The Balaban J connectivity index is 1.22. The summed E-state index contributed by atoms with van der Waals surface area (Å²) >= 11 is 0. The highest BCUT2D eigenvalue weighted by atomic mass is 16.5. The van der Waals surface area contributed by atoms with Gasteiger partial charge in [-0.3, -0.25) is 9.88 Å². The van der Waals surface area contributed by atoms with Crippen LogP contribution in [0.25, 0.3) is 22.4 Å². The van der Waals surface area contributed by atoms with Gasteiger partial charge in [-0.2, -0.15) is 4.98 Å². The summed E-state index contributed by atoms with van der Waals surface area (Å²) < 4.78 is 5.53. The molecule has 0 aliphatic carbocycles. The van der Waals surface area contributed by atoms with Crippen molar-refractivity contribution in [2.24, 2.45) is 0 Å². The number of benzene rings is 2. The first kappa shape index (κ1) is 19.7. The van der Waals surface area contributed by atoms with Crippen LogP contribution in [-0.4, -0.2) is 46.2 Å². The fourth-order valence-corrected chi connectivity index (χ4v) is 4.15. The molecule has 0 spiro atoms. The average molecular weight is 414 g/mol. The van der Waals surface area contributed by atoms with Crippen molar-refractivity contribution in [2.75, 3.05) is 31.1 Å². The van der Waals surface area contributed by atoms with E-state index in [1.165, 1.54) is 16.6 Å². The SMILES string of the molecule is CC(C)c1ccc(-c2nc(CN3CCN(c4ccnc5ccccc45)CC3)no2)cc1. The molecule has 0 N–H and O–H groups in total. The summed E-state index contributed by atoms with van der Waals surface area (Å²) in [5.41, 5.74) is 4.58. The molecule has 0 atom stereocenters. The van der Waals surface area contributed by atoms with E-state index in [4.69, 9.17) is 4.52 Å². The number of piperazine rings is 1. The van der Waals surface area contributed by atoms with Crippen LogP contribution in [0, 0.1) is 0 Å². The summed E-state index contributed by atoms with van der Waals surface area (Å²) in [5.74, 6) is 1.84. The first-order chi connectivity index (χ1) is 15.2. The Labute approximate surface area is 182 Å². The van der Waals surface area contributed by atoms with Gasteiger partial charge in [0.05, 0.1) is 12.1 Å². The van der Waals surface area contributed by atoms with E-state index in [-0.39, 0.29) is 0 Å². The Morgan fingerprint density at radius 3 is 2.48 bits per heavy atom. The lowest BCUT2D eigenvalue weighted by Gasteiger charge is -2.36. The number of para-hydroxylation sites is 1. The monoisotopic (exact) mass is 413 g/mol. The summed E-state index contributed by atoms with van der Waals surface area (Å²) in [6.45, 7) is 8.95. The molecule has 0 bridgehead atoms. The molecular formula is C25H27N5O. The van der Waals surface area contributed by atoms with Gasteiger partial charge in [0, 0.05) is 49.0 Å². The van der Waals surface area contributed by atoms with E-state index in [9.17, 15) is 0 Å². The zero-order valence-electron chi connectivity index (χ0n) is 18.0. The Hall–Kier alpha value is -3.25. The van der Waals surface area contributed by atoms with Crippen LogP contribution >= 0.6 is 0 Å². The lowest BCUT2D eigenvalue weighted by molar-refractivity contribution is 0.240. The number of pyridine rings is 1. The smallest absolute Gasteiger partial charge is 0.257 e. The van der Waals surface area contributed by atoms with Gasteiger partial charge in [-0.15, -0.1) is 0 Å². The molecule has 0 unspecified atom stereocenters. The second kappa shape index (κ2) is 8.47. The normalized spacial score (nSPS) is 15.1. The van der Waals surface area contributed by atoms with Gasteiger partial charge in [-0.25, -0.2) is 0 Å². The molecule has 0 radical (unpaired) electrons. The number of aromatic nitrogens is 3. The largest absolute Gasteiger partial charge is 0.368 e. The van der Waals surface area contributed by atoms with Crippen molar-refractivity contribution in [2.45, 2.75) is 26.3 Å². The van der Waals surface area contributed by atoms with E-state index in [1.54, 1.807) is 0 Å². The van der Waals surface area contributed by atoms with Gasteiger partial charge >= 0.3 is 0 Å². The third-order valence-corrected chi connectivity index (χ3v) is 6.00. The standard InChI is InChI=1S/C25H27N5O/c1-18(2)19-7-9-20(10-8-19)25-27-24(28-31-25)17-29-13-15-30(16-14-29)23-11-12-26-22-6-4-3-5-21(22)23/h3-12,18H,13-17H2,1-2H3. The third-order valence-electron chi connectivity index (χ3n) is 6.00. The van der Waals surface area contributed by atoms with Crippen LogP contribution in [0.15, 0.2) is 65.3 Å². The summed E-state index contributed by atoms with van der Waals surface area (Å²) in [4.78, 5) is 13.9. The Morgan fingerprint density at radius 2 is 1.71 bits per heavy atom. The number of fused-ring (bicyclic) bond motifs is 1. The van der Waals surface area contributed by atoms with E-state index in [1.807, 2.05) is 12.3 Å². The fraction of sp³-hybridized carbons (Fsp3) is 0.320. The molecule has 1 aliphatic rings. The maximum Gasteiger partial charge on any atom is 0.257 e. The zero-order valence-corrected chi connectivity index (χ0v) is 18.0. The van der Waals surface area contributed by atoms with Crippen LogP contribution in [-0.2, 0) is 6.54 Å². The molecule has 0 amide bonds. The molecule has 6 heteroatoms. The number of nitrogens with zero attached hydrogens (tertiary/aromatic N) is 5. The summed E-state index contributed by atoms with van der Waals surface area (Å²) in [7, 11) is 0. The summed E-state index contributed by atoms with van der Waals surface area (Å²) in [6, 6.07) is 18.8. The van der Waals surface area contributed by atoms with E-state index in [0.717, 1.165) is 43.1 Å². The van der Waals surface area contributed by atoms with Crippen molar-refractivity contribution in [3.05, 3.63) is 72.2 Å². The van der Waals surface area contributed by atoms with E-state index in [2.05, 4.69) is 87.3 Å². The molecule has 2 aromatic heterocycles. The van der Waals surface area contributed by atoms with Crippen LogP contribution in [0.2, 0.25) is 0 Å². The minimum absolute atomic E-state index is 0.510. The van der Waals surface area contributed by atoms with E-state index < -0.39 is 0 Å². The number of anilines is 1. The van der Waals surface area contributed by atoms with Gasteiger partial charge in [-0.05, 0) is 35.7 Å². The van der Waals surface area contributed by atoms with Crippen LogP contribution in [0.4, 0.5) is 5.69 Å². The molecule has 1 fully saturated rings. The van der Waals surface area contributed by atoms with Gasteiger partial charge in [0.25, 0.3) is 5.89 Å². The maximum atomic E-state index is 5.53. The number of rotatable bonds is 5. The quantitative estimate of drug-likeness (QED) is 0.471. The minimum Gasteiger partial charge on any atom is -0.368 e. The van der Waals surface area contributed by atoms with Crippen molar-refractivity contribution in [3.63, 3.8) is 0 Å². The van der Waals surface area contributed by atoms with Crippen molar-refractivity contribution in [1.29, 1.82) is 0 Å². The highest BCUT2D eigenvalue weighted by Gasteiger charge is 2.21. The molecule has 2 aromatic carbocycles. The average Bonchev–Trinajstić information content (AvgIpc) is 3.28. The van der Waals surface area contributed by atoms with Crippen molar-refractivity contribution in [3.8, 4) is 11.5 Å². The number of hydrogen-bond acceptors (Lipinski definition) is 6.